The van der Waals surface area contributed by atoms with Crippen LogP contribution in [0, 0.1) is 5.82 Å². The van der Waals surface area contributed by atoms with Gasteiger partial charge in [0.15, 0.2) is 0 Å². The predicted octanol–water partition coefficient (Wildman–Crippen LogP) is 3.19. The van der Waals surface area contributed by atoms with Gasteiger partial charge in [-0.15, -0.1) is 6.58 Å². The molecule has 0 aromatic heterocycles. The van der Waals surface area contributed by atoms with Crippen molar-refractivity contribution >= 4 is 11.6 Å². The second-order valence-corrected chi connectivity index (χ2v) is 3.72. The fourth-order valence-electron chi connectivity index (χ4n) is 1.44. The molecule has 1 aromatic rings. The van der Waals surface area contributed by atoms with Gasteiger partial charge in [-0.05, 0) is 24.6 Å². The summed E-state index contributed by atoms with van der Waals surface area (Å²) >= 11 is 5.70. The maximum atomic E-state index is 13.5. The predicted molar refractivity (Wildman–Crippen MR) is 62.8 cm³/mol. The van der Waals surface area contributed by atoms with E-state index >= 15 is 0 Å². The Labute approximate surface area is 95.0 Å². The quantitative estimate of drug-likeness (QED) is 0.762. The highest BCUT2D eigenvalue weighted by molar-refractivity contribution is 6.30. The minimum absolute atomic E-state index is 0.0861. The molecule has 1 unspecified atom stereocenters. The Kier molecular flexibility index (Phi) is 4.79. The molecule has 0 heterocycles. The lowest BCUT2D eigenvalue weighted by Crippen LogP contribution is -2.29. The van der Waals surface area contributed by atoms with Crippen LogP contribution in [-0.2, 0) is 6.42 Å². The zero-order valence-electron chi connectivity index (χ0n) is 8.76. The van der Waals surface area contributed by atoms with Gasteiger partial charge < -0.3 is 5.32 Å². The maximum Gasteiger partial charge on any atom is 0.145 e. The minimum atomic E-state index is -0.330. The average molecular weight is 228 g/mol. The summed E-state index contributed by atoms with van der Waals surface area (Å²) in [4.78, 5) is 0. The molecule has 82 valence electrons. The van der Waals surface area contributed by atoms with E-state index < -0.39 is 0 Å². The molecule has 1 N–H and O–H groups in total. The van der Waals surface area contributed by atoms with Crippen LogP contribution in [0.1, 0.15) is 12.5 Å². The molecular formula is C12H15ClFN. The van der Waals surface area contributed by atoms with Gasteiger partial charge in [-0.25, -0.2) is 4.39 Å². The summed E-state index contributed by atoms with van der Waals surface area (Å²) < 4.78 is 13.5. The Morgan fingerprint density at radius 1 is 1.60 bits per heavy atom. The number of nitrogens with one attached hydrogen (secondary N) is 1. The normalized spacial score (nSPS) is 12.5. The lowest BCUT2D eigenvalue weighted by molar-refractivity contribution is 0.570. The highest BCUT2D eigenvalue weighted by Gasteiger charge is 2.10. The van der Waals surface area contributed by atoms with E-state index in [1.807, 2.05) is 6.92 Å². The molecule has 0 amide bonds. The second kappa shape index (κ2) is 5.89. The van der Waals surface area contributed by atoms with Crippen LogP contribution in [0.2, 0.25) is 5.02 Å². The van der Waals surface area contributed by atoms with Crippen LogP contribution in [0.4, 0.5) is 4.39 Å². The van der Waals surface area contributed by atoms with Crippen molar-refractivity contribution in [2.75, 3.05) is 6.54 Å². The van der Waals surface area contributed by atoms with E-state index in [4.69, 9.17) is 11.6 Å². The summed E-state index contributed by atoms with van der Waals surface area (Å²) in [5, 5.41) is 3.37. The van der Waals surface area contributed by atoms with Gasteiger partial charge in [-0.3, -0.25) is 0 Å². The van der Waals surface area contributed by atoms with Crippen LogP contribution < -0.4 is 5.32 Å². The van der Waals surface area contributed by atoms with Crippen molar-refractivity contribution in [1.29, 1.82) is 0 Å². The molecule has 1 atom stereocenters. The standard InChI is InChI=1S/C12H15ClFN/c1-3-10(15-4-2)8-9-6-5-7-11(13)12(9)14/h3,5-7,10,15H,1,4,8H2,2H3. The first-order valence-corrected chi connectivity index (χ1v) is 5.35. The molecule has 15 heavy (non-hydrogen) atoms. The summed E-state index contributed by atoms with van der Waals surface area (Å²) in [5.41, 5.74) is 0.619. The van der Waals surface area contributed by atoms with Crippen LogP contribution >= 0.6 is 11.6 Å². The first-order chi connectivity index (χ1) is 7.19. The molecule has 3 heteroatoms. The molecule has 0 spiro atoms. The van der Waals surface area contributed by atoms with Gasteiger partial charge in [0, 0.05) is 6.04 Å². The third kappa shape index (κ3) is 3.33. The summed E-state index contributed by atoms with van der Waals surface area (Å²) in [6.45, 7) is 6.55. The molecule has 1 aromatic carbocycles. The van der Waals surface area contributed by atoms with Crippen molar-refractivity contribution < 1.29 is 4.39 Å². The molecule has 0 radical (unpaired) electrons. The number of hydrogen-bond acceptors (Lipinski definition) is 1. The lowest BCUT2D eigenvalue weighted by atomic mass is 10.1. The van der Waals surface area contributed by atoms with Gasteiger partial charge in [0.2, 0.25) is 0 Å². The smallest absolute Gasteiger partial charge is 0.145 e. The molecular weight excluding hydrogens is 213 g/mol. The summed E-state index contributed by atoms with van der Waals surface area (Å²) in [6.07, 6.45) is 2.35. The van der Waals surface area contributed by atoms with Crippen LogP contribution in [0.25, 0.3) is 0 Å². The molecule has 1 rings (SSSR count). The Morgan fingerprint density at radius 2 is 2.33 bits per heavy atom. The Balaban J connectivity index is 2.78. The fourth-order valence-corrected chi connectivity index (χ4v) is 1.64. The van der Waals surface area contributed by atoms with Gasteiger partial charge in [0.1, 0.15) is 5.82 Å². The SMILES string of the molecule is C=CC(Cc1cccc(Cl)c1F)NCC. The van der Waals surface area contributed by atoms with Gasteiger partial charge in [-0.2, -0.15) is 0 Å². The van der Waals surface area contributed by atoms with E-state index in [2.05, 4.69) is 11.9 Å². The highest BCUT2D eigenvalue weighted by atomic mass is 35.5. The van der Waals surface area contributed by atoms with Crippen LogP contribution in [0.3, 0.4) is 0 Å². The number of halogens is 2. The topological polar surface area (TPSA) is 12.0 Å². The molecule has 0 aliphatic rings. The first kappa shape index (κ1) is 12.2. The van der Waals surface area contributed by atoms with Gasteiger partial charge in [0.25, 0.3) is 0 Å². The average Bonchev–Trinajstić information content (AvgIpc) is 2.24. The van der Waals surface area contributed by atoms with Crippen molar-refractivity contribution in [1.82, 2.24) is 5.32 Å². The fraction of sp³-hybridized carbons (Fsp3) is 0.333. The Bertz CT molecular complexity index is 338. The molecule has 0 saturated heterocycles. The number of likely N-dealkylation sites (N-methyl/N-ethyl adjacent to an activating group) is 1. The third-order valence-electron chi connectivity index (χ3n) is 2.22. The maximum absolute atomic E-state index is 13.5. The number of rotatable bonds is 5. The van der Waals surface area contributed by atoms with Crippen molar-refractivity contribution in [3.05, 3.63) is 47.3 Å². The van der Waals surface area contributed by atoms with Gasteiger partial charge in [-0.1, -0.05) is 36.7 Å². The third-order valence-corrected chi connectivity index (χ3v) is 2.51. The Hall–Kier alpha value is -0.860. The molecule has 0 bridgehead atoms. The highest BCUT2D eigenvalue weighted by Crippen LogP contribution is 2.19. The van der Waals surface area contributed by atoms with Crippen molar-refractivity contribution in [2.45, 2.75) is 19.4 Å². The van der Waals surface area contributed by atoms with E-state index in [-0.39, 0.29) is 16.9 Å². The molecule has 1 nitrogen and oxygen atoms in total. The van der Waals surface area contributed by atoms with E-state index in [1.165, 1.54) is 0 Å². The van der Waals surface area contributed by atoms with E-state index in [0.29, 0.717) is 12.0 Å². The summed E-state index contributed by atoms with van der Waals surface area (Å²) in [6, 6.07) is 5.14. The van der Waals surface area contributed by atoms with E-state index in [1.54, 1.807) is 24.3 Å². The van der Waals surface area contributed by atoms with Crippen LogP contribution in [0.5, 0.6) is 0 Å². The molecule has 0 aliphatic carbocycles. The van der Waals surface area contributed by atoms with Gasteiger partial charge >= 0.3 is 0 Å². The van der Waals surface area contributed by atoms with E-state index in [0.717, 1.165) is 6.54 Å². The number of benzene rings is 1. The number of hydrogen-bond donors (Lipinski definition) is 1. The summed E-state index contributed by atoms with van der Waals surface area (Å²) in [7, 11) is 0. The minimum Gasteiger partial charge on any atom is -0.310 e. The monoisotopic (exact) mass is 227 g/mol. The molecule has 0 saturated carbocycles. The van der Waals surface area contributed by atoms with Crippen LogP contribution in [0.15, 0.2) is 30.9 Å². The zero-order valence-corrected chi connectivity index (χ0v) is 9.52. The largest absolute Gasteiger partial charge is 0.310 e. The molecule has 0 fully saturated rings. The summed E-state index contributed by atoms with van der Waals surface area (Å²) in [5.74, 6) is -0.330. The van der Waals surface area contributed by atoms with Gasteiger partial charge in [0.05, 0.1) is 5.02 Å². The van der Waals surface area contributed by atoms with Crippen molar-refractivity contribution in [3.8, 4) is 0 Å². The first-order valence-electron chi connectivity index (χ1n) is 4.97. The van der Waals surface area contributed by atoms with Crippen molar-refractivity contribution in [3.63, 3.8) is 0 Å². The zero-order chi connectivity index (χ0) is 11.3. The molecule has 0 aliphatic heterocycles. The Morgan fingerprint density at radius 3 is 2.93 bits per heavy atom. The lowest BCUT2D eigenvalue weighted by Gasteiger charge is -2.14. The van der Waals surface area contributed by atoms with Crippen LogP contribution in [-0.4, -0.2) is 12.6 Å². The van der Waals surface area contributed by atoms with E-state index in [9.17, 15) is 4.39 Å². The second-order valence-electron chi connectivity index (χ2n) is 3.32. The van der Waals surface area contributed by atoms with Crippen molar-refractivity contribution in [2.24, 2.45) is 0 Å².